The Hall–Kier alpha value is -2.95. The highest BCUT2D eigenvalue weighted by atomic mass is 15.3. The maximum atomic E-state index is 4.51. The fourth-order valence-corrected chi connectivity index (χ4v) is 2.91. The van der Waals surface area contributed by atoms with Crippen LogP contribution in [-0.4, -0.2) is 21.7 Å². The highest BCUT2D eigenvalue weighted by Gasteiger charge is 2.06. The molecule has 0 aliphatic rings. The van der Waals surface area contributed by atoms with Crippen molar-refractivity contribution in [3.8, 4) is 0 Å². The third-order valence-corrected chi connectivity index (χ3v) is 4.03. The van der Waals surface area contributed by atoms with Gasteiger partial charge in [-0.05, 0) is 43.9 Å². The minimum absolute atomic E-state index is 0.531. The summed E-state index contributed by atoms with van der Waals surface area (Å²) in [6, 6.07) is 14.7. The number of hydrogen-bond donors (Lipinski definition) is 2. The van der Waals surface area contributed by atoms with Crippen molar-refractivity contribution in [2.75, 3.05) is 17.2 Å². The van der Waals surface area contributed by atoms with Crippen LogP contribution in [0.5, 0.6) is 0 Å². The van der Waals surface area contributed by atoms with E-state index in [-0.39, 0.29) is 0 Å². The summed E-state index contributed by atoms with van der Waals surface area (Å²) in [7, 11) is 0. The van der Waals surface area contributed by atoms with Crippen LogP contribution in [0.3, 0.4) is 0 Å². The van der Waals surface area contributed by atoms with Gasteiger partial charge in [0.2, 0.25) is 5.95 Å². The van der Waals surface area contributed by atoms with Crippen LogP contribution in [0.1, 0.15) is 22.3 Å². The molecule has 0 aliphatic carbocycles. The van der Waals surface area contributed by atoms with Crippen LogP contribution in [0.25, 0.3) is 0 Å². The molecule has 0 radical (unpaired) electrons. The summed E-state index contributed by atoms with van der Waals surface area (Å²) in [6.07, 6.45) is 2.55. The van der Waals surface area contributed by atoms with E-state index in [1.807, 2.05) is 18.2 Å². The van der Waals surface area contributed by atoms with E-state index in [4.69, 9.17) is 0 Å². The molecule has 0 unspecified atom stereocenters. The predicted octanol–water partition coefficient (Wildman–Crippen LogP) is 4.20. The summed E-state index contributed by atoms with van der Waals surface area (Å²) >= 11 is 0. The van der Waals surface area contributed by atoms with Gasteiger partial charge in [-0.3, -0.25) is 0 Å². The zero-order valence-electron chi connectivity index (χ0n) is 14.9. The molecule has 0 saturated heterocycles. The summed E-state index contributed by atoms with van der Waals surface area (Å²) < 4.78 is 0. The molecule has 2 N–H and O–H groups in total. The Kier molecular flexibility index (Phi) is 5.23. The van der Waals surface area contributed by atoms with Crippen molar-refractivity contribution in [1.29, 1.82) is 0 Å². The topological polar surface area (TPSA) is 62.7 Å². The van der Waals surface area contributed by atoms with Gasteiger partial charge in [0.05, 0.1) is 6.20 Å². The molecule has 3 rings (SSSR count). The van der Waals surface area contributed by atoms with Gasteiger partial charge < -0.3 is 10.6 Å². The lowest BCUT2D eigenvalue weighted by Crippen LogP contribution is -2.10. The van der Waals surface area contributed by atoms with Gasteiger partial charge in [0.15, 0.2) is 5.82 Å². The van der Waals surface area contributed by atoms with Gasteiger partial charge in [-0.2, -0.15) is 10.1 Å². The number of nitrogens with zero attached hydrogens (tertiary/aromatic N) is 3. The number of aryl methyl sites for hydroxylation is 3. The maximum absolute atomic E-state index is 4.51. The first-order valence-corrected chi connectivity index (χ1v) is 8.44. The van der Waals surface area contributed by atoms with Crippen LogP contribution >= 0.6 is 0 Å². The zero-order valence-corrected chi connectivity index (χ0v) is 14.9. The molecule has 0 bridgehead atoms. The van der Waals surface area contributed by atoms with Crippen LogP contribution in [-0.2, 0) is 6.42 Å². The minimum atomic E-state index is 0.531. The SMILES string of the molecule is Cc1cc(C)c(Nc2cnnc(NCCc3ccccc3)n2)c(C)c1. The Morgan fingerprint density at radius 1 is 0.960 bits per heavy atom. The molecule has 25 heavy (non-hydrogen) atoms. The van der Waals surface area contributed by atoms with Crippen molar-refractivity contribution in [3.63, 3.8) is 0 Å². The van der Waals surface area contributed by atoms with Crippen LogP contribution in [0.15, 0.2) is 48.7 Å². The average Bonchev–Trinajstić information content (AvgIpc) is 2.59. The van der Waals surface area contributed by atoms with Gasteiger partial charge in [0.25, 0.3) is 0 Å². The molecule has 0 atom stereocenters. The van der Waals surface area contributed by atoms with E-state index >= 15 is 0 Å². The van der Waals surface area contributed by atoms with Crippen molar-refractivity contribution < 1.29 is 0 Å². The number of aromatic nitrogens is 3. The van der Waals surface area contributed by atoms with E-state index in [1.165, 1.54) is 22.3 Å². The summed E-state index contributed by atoms with van der Waals surface area (Å²) in [5, 5.41) is 14.7. The first-order chi connectivity index (χ1) is 12.1. The number of anilines is 3. The lowest BCUT2D eigenvalue weighted by molar-refractivity contribution is 0.928. The van der Waals surface area contributed by atoms with E-state index in [1.54, 1.807) is 6.20 Å². The monoisotopic (exact) mass is 333 g/mol. The average molecular weight is 333 g/mol. The Labute approximate surface area is 148 Å². The molecule has 2 aromatic carbocycles. The Bertz CT molecular complexity index is 823. The molecule has 1 heterocycles. The first-order valence-electron chi connectivity index (χ1n) is 8.44. The van der Waals surface area contributed by atoms with Gasteiger partial charge in [-0.15, -0.1) is 5.10 Å². The minimum Gasteiger partial charge on any atom is -0.353 e. The van der Waals surface area contributed by atoms with Gasteiger partial charge in [0.1, 0.15) is 0 Å². The maximum Gasteiger partial charge on any atom is 0.244 e. The number of benzene rings is 2. The van der Waals surface area contributed by atoms with Gasteiger partial charge in [-0.1, -0.05) is 48.0 Å². The van der Waals surface area contributed by atoms with Crippen molar-refractivity contribution >= 4 is 17.5 Å². The molecule has 1 aromatic heterocycles. The van der Waals surface area contributed by atoms with Crippen molar-refractivity contribution in [2.45, 2.75) is 27.2 Å². The quantitative estimate of drug-likeness (QED) is 0.708. The Morgan fingerprint density at radius 3 is 2.40 bits per heavy atom. The largest absolute Gasteiger partial charge is 0.353 e. The molecule has 5 heteroatoms. The summed E-state index contributed by atoms with van der Waals surface area (Å²) in [4.78, 5) is 4.51. The summed E-state index contributed by atoms with van der Waals surface area (Å²) in [5.74, 6) is 1.22. The fourth-order valence-electron chi connectivity index (χ4n) is 2.91. The zero-order chi connectivity index (χ0) is 17.6. The third-order valence-electron chi connectivity index (χ3n) is 4.03. The van der Waals surface area contributed by atoms with Gasteiger partial charge in [0, 0.05) is 12.2 Å². The van der Waals surface area contributed by atoms with E-state index < -0.39 is 0 Å². The summed E-state index contributed by atoms with van der Waals surface area (Å²) in [5.41, 5.74) is 5.98. The van der Waals surface area contributed by atoms with E-state index in [9.17, 15) is 0 Å². The van der Waals surface area contributed by atoms with Crippen LogP contribution in [0.2, 0.25) is 0 Å². The molecule has 0 fully saturated rings. The molecule has 0 aliphatic heterocycles. The van der Waals surface area contributed by atoms with Crippen molar-refractivity contribution in [2.24, 2.45) is 0 Å². The predicted molar refractivity (Wildman–Crippen MR) is 102 cm³/mol. The molecule has 0 saturated carbocycles. The second-order valence-electron chi connectivity index (χ2n) is 6.23. The van der Waals surface area contributed by atoms with Crippen LogP contribution in [0.4, 0.5) is 17.5 Å². The molecule has 128 valence electrons. The number of nitrogens with one attached hydrogen (secondary N) is 2. The van der Waals surface area contributed by atoms with Gasteiger partial charge >= 0.3 is 0 Å². The van der Waals surface area contributed by atoms with Crippen molar-refractivity contribution in [1.82, 2.24) is 15.2 Å². The molecule has 0 spiro atoms. The second-order valence-corrected chi connectivity index (χ2v) is 6.23. The third kappa shape index (κ3) is 4.53. The van der Waals surface area contributed by atoms with E-state index in [0.717, 1.165) is 18.7 Å². The molecule has 3 aromatic rings. The van der Waals surface area contributed by atoms with Crippen molar-refractivity contribution in [3.05, 3.63) is 70.9 Å². The smallest absolute Gasteiger partial charge is 0.244 e. The first kappa shape index (κ1) is 16.9. The molecule has 0 amide bonds. The summed E-state index contributed by atoms with van der Waals surface area (Å²) in [6.45, 7) is 7.05. The molecular formula is C20H23N5. The molecular weight excluding hydrogens is 310 g/mol. The van der Waals surface area contributed by atoms with Crippen LogP contribution < -0.4 is 10.6 Å². The normalized spacial score (nSPS) is 10.5. The van der Waals surface area contributed by atoms with E-state index in [2.05, 4.69) is 70.9 Å². The highest BCUT2D eigenvalue weighted by molar-refractivity contribution is 5.65. The molecule has 5 nitrogen and oxygen atoms in total. The van der Waals surface area contributed by atoms with Gasteiger partial charge in [-0.25, -0.2) is 0 Å². The lowest BCUT2D eigenvalue weighted by Gasteiger charge is -2.13. The highest BCUT2D eigenvalue weighted by Crippen LogP contribution is 2.24. The second kappa shape index (κ2) is 7.75. The fraction of sp³-hybridized carbons (Fsp3) is 0.250. The number of rotatable bonds is 6. The Morgan fingerprint density at radius 2 is 1.68 bits per heavy atom. The lowest BCUT2D eigenvalue weighted by atomic mass is 10.1. The number of hydrogen-bond acceptors (Lipinski definition) is 5. The van der Waals surface area contributed by atoms with E-state index in [0.29, 0.717) is 11.8 Å². The standard InChI is InChI=1S/C20H23N5/c1-14-11-15(2)19(16(3)12-14)23-18-13-22-25-20(24-18)21-10-9-17-7-5-4-6-8-17/h4-8,11-13H,9-10H2,1-3H3,(H2,21,23,24,25). The van der Waals surface area contributed by atoms with Crippen LogP contribution in [0, 0.1) is 20.8 Å². The Balaban J connectivity index is 1.65.